The number of aliphatic hydroxyl groups is 1. The third kappa shape index (κ3) is 33.5. The van der Waals surface area contributed by atoms with E-state index in [4.69, 9.17) is 50.8 Å². The van der Waals surface area contributed by atoms with Crippen molar-refractivity contribution in [2.75, 3.05) is 25.6 Å². The summed E-state index contributed by atoms with van der Waals surface area (Å²) in [5.74, 6) is 17.8. The number of aldehydes is 1. The zero-order valence-corrected chi connectivity index (χ0v) is 81.3. The summed E-state index contributed by atoms with van der Waals surface area (Å²) in [6, 6.07) is 18.7. The molecule has 12 heterocycles. The summed E-state index contributed by atoms with van der Waals surface area (Å²) < 4.78 is 18.0. The van der Waals surface area contributed by atoms with E-state index in [1.165, 1.54) is 6.07 Å². The minimum Gasteiger partial charge on any atom is -0.466 e. The molecule has 0 bridgehead atoms. The molecule has 708 valence electrons. The Morgan fingerprint density at radius 3 is 1.14 bits per heavy atom. The van der Waals surface area contributed by atoms with Crippen molar-refractivity contribution in [3.8, 4) is 29.1 Å². The molecule has 3 fully saturated rings. The number of benzene rings is 1. The van der Waals surface area contributed by atoms with Gasteiger partial charge in [0, 0.05) is 117 Å². The second kappa shape index (κ2) is 53.2. The molecule has 0 amide bonds. The lowest BCUT2D eigenvalue weighted by atomic mass is 10.2. The van der Waals surface area contributed by atoms with Crippen molar-refractivity contribution < 1.29 is 33.8 Å². The van der Waals surface area contributed by atoms with Crippen molar-refractivity contribution in [3.63, 3.8) is 0 Å². The Bertz CT molecular complexity index is 6000. The third-order valence-corrected chi connectivity index (χ3v) is 19.7. The zero-order valence-electron chi connectivity index (χ0n) is 79.0. The van der Waals surface area contributed by atoms with Gasteiger partial charge in [0.1, 0.15) is 127 Å². The van der Waals surface area contributed by atoms with Crippen LogP contribution in [0.1, 0.15) is 240 Å². The van der Waals surface area contributed by atoms with Gasteiger partial charge in [-0.2, -0.15) is 33.3 Å². The molecule has 12 aromatic heterocycles. The Hall–Kier alpha value is -13.4. The van der Waals surface area contributed by atoms with Crippen molar-refractivity contribution in [1.82, 2.24) is 149 Å². The second-order valence-electron chi connectivity index (χ2n) is 29.9. The zero-order chi connectivity index (χ0) is 97.2. The van der Waals surface area contributed by atoms with Gasteiger partial charge >= 0.3 is 18.2 Å². The van der Waals surface area contributed by atoms with Crippen molar-refractivity contribution in [3.05, 3.63) is 234 Å². The van der Waals surface area contributed by atoms with Crippen molar-refractivity contribution >= 4 is 71.0 Å². The Balaban J connectivity index is 0.000000234. The van der Waals surface area contributed by atoms with E-state index < -0.39 is 5.97 Å². The Morgan fingerprint density at radius 1 is 0.481 bits per heavy atom. The number of halogens is 3. The smallest absolute Gasteiger partial charge is 0.413 e. The fourth-order valence-corrected chi connectivity index (χ4v) is 13.2. The number of carbonyl (C=O) groups is 3. The van der Waals surface area contributed by atoms with E-state index in [1.807, 2.05) is 194 Å². The number of hydrogen-bond acceptors (Lipinski definition) is 31. The monoisotopic (exact) mass is 1880 g/mol. The number of ether oxygens (including phenoxy) is 2. The van der Waals surface area contributed by atoms with Gasteiger partial charge in [0.2, 0.25) is 0 Å². The number of aromatic nitrogens is 30. The van der Waals surface area contributed by atoms with Gasteiger partial charge in [0.15, 0.2) is 29.1 Å². The first kappa shape index (κ1) is 108. The Kier molecular flexibility index (Phi) is 43.4. The van der Waals surface area contributed by atoms with Crippen molar-refractivity contribution in [2.24, 2.45) is 17.8 Å². The van der Waals surface area contributed by atoms with Crippen LogP contribution in [0, 0.1) is 108 Å². The van der Waals surface area contributed by atoms with Crippen LogP contribution in [0.25, 0.3) is 40.7 Å². The summed E-state index contributed by atoms with van der Waals surface area (Å²) in [7, 11) is 0. The number of nitrogens with zero attached hydrogens (tertiary/aromatic N) is 31. The van der Waals surface area contributed by atoms with Gasteiger partial charge in [-0.25, -0.2) is 94.5 Å². The van der Waals surface area contributed by atoms with E-state index in [1.54, 1.807) is 48.6 Å². The van der Waals surface area contributed by atoms with Crippen LogP contribution >= 0.6 is 34.8 Å². The summed E-state index contributed by atoms with van der Waals surface area (Å²) in [6.07, 6.45) is 12.4. The lowest BCUT2D eigenvalue weighted by Gasteiger charge is -2.08. The molecule has 3 saturated carbocycles. The average molecular weight is 1880 g/mol. The fraction of sp³-hybridized carbons (Fsp3) is 0.451. The first-order chi connectivity index (χ1) is 63.0. The summed E-state index contributed by atoms with van der Waals surface area (Å²) in [4.78, 5) is 113. The number of aromatic amines is 1. The first-order valence-corrected chi connectivity index (χ1v) is 44.4. The molecular formula is C91H122Cl3N33O6. The minimum atomic E-state index is -0.630. The molecule has 0 radical (unpaired) electrons. The average Bonchev–Trinajstić information content (AvgIpc) is 1.63. The van der Waals surface area contributed by atoms with Crippen LogP contribution in [-0.2, 0) is 62.4 Å². The molecule has 39 nitrogen and oxygen atoms in total. The number of rotatable bonds is 21. The lowest BCUT2D eigenvalue weighted by Crippen LogP contribution is -2.10. The van der Waals surface area contributed by atoms with Crippen LogP contribution in [0.15, 0.2) is 79.9 Å². The number of nitrogens with two attached hydrogens (primary N) is 1. The number of esters is 2. The number of H-pyrrole nitrogens is 1. The fourth-order valence-electron chi connectivity index (χ4n) is 12.6. The number of aliphatic hydroxyl groups excluding tert-OH is 1. The largest absolute Gasteiger partial charge is 0.466 e. The quantitative estimate of drug-likeness (QED) is 0.00879. The second-order valence-corrected chi connectivity index (χ2v) is 31.1. The molecule has 0 saturated heterocycles. The van der Waals surface area contributed by atoms with Gasteiger partial charge < -0.3 is 30.6 Å². The molecule has 0 spiro atoms. The van der Waals surface area contributed by atoms with Gasteiger partial charge in [-0.15, -0.1) is 32.1 Å². The van der Waals surface area contributed by atoms with E-state index in [-0.39, 0.29) is 43.7 Å². The van der Waals surface area contributed by atoms with E-state index in [9.17, 15) is 19.5 Å². The SMILES string of the molecule is C.C=CC.C=Cc1cc(-n2nc(C)nc2C)nc(CC)n1.CCOC(=O)C=[N+]=[N-].CCOC(=O)[C@H]1CC1c1cc(-n2nc(C)nc2C)nc(CC)n1.CCc1nc(C2C[C@@H]2C=O)cc(-n2nc(C)nc2C)n1.CCc1nc(C2C[C@@H]2CO)cc(-n2nc(C)nc2C)n1.CCc1nc(Cl)cc(-n2nc(C)nc2C)n1.CCc1nc(Cl)cc(Cl)n1.Cc1ccccc1N.Cc1n[nH]c(C)n1. The highest BCUT2D eigenvalue weighted by Gasteiger charge is 2.47. The number of para-hydroxylation sites is 1. The molecule has 6 atom stereocenters. The van der Waals surface area contributed by atoms with E-state index in [0.717, 1.165) is 197 Å². The number of allylic oxidation sites excluding steroid dienone is 1. The molecule has 3 aliphatic carbocycles. The summed E-state index contributed by atoms with van der Waals surface area (Å²) >= 11 is 17.1. The Morgan fingerprint density at radius 2 is 0.842 bits per heavy atom. The molecule has 3 aliphatic rings. The molecule has 16 rings (SSSR count). The number of anilines is 1. The molecule has 4 N–H and O–H groups in total. The van der Waals surface area contributed by atoms with Crippen molar-refractivity contribution in [1.29, 1.82) is 0 Å². The molecule has 133 heavy (non-hydrogen) atoms. The maximum atomic E-state index is 11.9. The van der Waals surface area contributed by atoms with Gasteiger partial charge in [0.25, 0.3) is 0 Å². The standard InChI is InChI=1S/C16H21N5O2.C14H19N5O.C14H17N5O.C12H15N5.C10H12ClN5.C7H9N.C6H6Cl2N2.C4H7N3.C4H6N2O2.C3H6.CH4/c1-5-14-18-13(11-7-12(11)16(22)23-6-2)8-15(19-14)21-10(4)17-9(3)20-21;2*1-4-13-16-12(11-5-10(11)7-20)6-14(17-13)19-9(3)15-8(2)18-19;1-5-10-7-12(15-11(6-2)14-10)17-9(4)13-8(3)16-17;1-4-9-13-8(11)5-10(14-9)16-7(3)12-6(2)15-16;1-6-4-2-3-5-7(6)8;1-2-6-9-4(7)3-5(8)10-6;1-3-5-4(2)7-6-3;1-2-8-4(7)3-6-5;1-3-2;/h8,11-12H,5-7H2,1-4H3;6,10-11,20H,4-5,7H2,1-3H3;6-7,10-11H,4-5H2,1-3H3;5,7H,1,6H2,2-4H3;5H,4H2,1-3H3;2-5H,8H2,1H3;3H,2H2,1H3;1-2H3,(H,5,6,7);3H,2H2,1H3;3H,1H2,2H3;1H4/t11?,12-;2*10-,11?;;;;;;;;/m011......../s1. The van der Waals surface area contributed by atoms with Crippen molar-refractivity contribution in [2.45, 2.75) is 235 Å². The highest BCUT2D eigenvalue weighted by Crippen LogP contribution is 2.49. The number of nitrogen functional groups attached to an aromatic ring is 1. The maximum absolute atomic E-state index is 11.9. The normalized spacial score (nSPS) is 14.7. The van der Waals surface area contributed by atoms with E-state index >= 15 is 0 Å². The highest BCUT2D eigenvalue weighted by atomic mass is 35.5. The van der Waals surface area contributed by atoms with Gasteiger partial charge in [0.05, 0.1) is 36.2 Å². The highest BCUT2D eigenvalue weighted by molar-refractivity contribution is 6.33. The van der Waals surface area contributed by atoms with Gasteiger partial charge in [-0.1, -0.05) is 115 Å². The van der Waals surface area contributed by atoms with Crippen LogP contribution in [-0.4, -0.2) is 203 Å². The Labute approximate surface area is 790 Å². The number of nitrogens with one attached hydrogen (secondary N) is 1. The van der Waals surface area contributed by atoms with Crippen LogP contribution in [0.3, 0.4) is 0 Å². The van der Waals surface area contributed by atoms with E-state index in [2.05, 4.69) is 148 Å². The predicted octanol–water partition coefficient (Wildman–Crippen LogP) is 14.6. The number of hydrogen-bond donors (Lipinski definition) is 3. The number of carbonyl (C=O) groups excluding carboxylic acids is 3. The minimum absolute atomic E-state index is 0. The molecular weight excluding hydrogens is 1760 g/mol. The van der Waals surface area contributed by atoms with Crippen LogP contribution in [0.4, 0.5) is 5.69 Å². The summed E-state index contributed by atoms with van der Waals surface area (Å²) in [5.41, 5.74) is 18.9. The molecule has 42 heteroatoms. The molecule has 3 unspecified atom stereocenters. The topological polar surface area (TPSA) is 502 Å². The number of aryl methyl sites for hydroxylation is 19. The lowest BCUT2D eigenvalue weighted by molar-refractivity contribution is -0.144. The predicted molar refractivity (Wildman–Crippen MR) is 508 cm³/mol. The van der Waals surface area contributed by atoms with Gasteiger partial charge in [-0.3, -0.25) is 9.89 Å². The summed E-state index contributed by atoms with van der Waals surface area (Å²) in [5, 5.41) is 38.6. The molecule has 0 aliphatic heterocycles. The maximum Gasteiger partial charge on any atom is 0.413 e. The van der Waals surface area contributed by atoms with Crippen LogP contribution in [0.2, 0.25) is 15.5 Å². The third-order valence-electron chi connectivity index (χ3n) is 19.2. The van der Waals surface area contributed by atoms with Gasteiger partial charge in [-0.05, 0) is 154 Å². The van der Waals surface area contributed by atoms with Crippen LogP contribution < -0.4 is 5.73 Å². The summed E-state index contributed by atoms with van der Waals surface area (Å²) in [6.45, 7) is 49.9. The van der Waals surface area contributed by atoms with E-state index in [0.29, 0.717) is 81.7 Å². The molecule has 1 aromatic carbocycles. The first-order valence-electron chi connectivity index (χ1n) is 43.2. The van der Waals surface area contributed by atoms with Crippen LogP contribution in [0.5, 0.6) is 0 Å². The molecule has 13 aromatic rings.